The van der Waals surface area contributed by atoms with E-state index in [1.807, 2.05) is 0 Å². The molecule has 2 amide bonds. The van der Waals surface area contributed by atoms with E-state index in [1.165, 1.54) is 18.6 Å². The summed E-state index contributed by atoms with van der Waals surface area (Å²) in [6.45, 7) is 0. The van der Waals surface area contributed by atoms with Gasteiger partial charge in [0.05, 0.1) is 29.5 Å². The van der Waals surface area contributed by atoms with Gasteiger partial charge in [0.2, 0.25) is 11.8 Å². The zero-order chi connectivity index (χ0) is 14.3. The summed E-state index contributed by atoms with van der Waals surface area (Å²) in [7, 11) is 0. The molecule has 1 atom stereocenters. The maximum atomic E-state index is 11.9. The largest absolute Gasteiger partial charge is 0.478 e. The number of hydrogen-bond acceptors (Lipinski definition) is 4. The minimum absolute atomic E-state index is 0.0877. The summed E-state index contributed by atoms with van der Waals surface area (Å²) in [5.41, 5.74) is 1.12. The summed E-state index contributed by atoms with van der Waals surface area (Å²) in [6.07, 6.45) is 5.24. The van der Waals surface area contributed by atoms with Gasteiger partial charge in [-0.2, -0.15) is 0 Å². The number of carboxylic acids is 1. The van der Waals surface area contributed by atoms with Crippen molar-refractivity contribution in [1.82, 2.24) is 14.7 Å². The molecule has 1 aliphatic heterocycles. The normalized spacial score (nSPS) is 19.1. The summed E-state index contributed by atoms with van der Waals surface area (Å²) in [4.78, 5) is 38.2. The van der Waals surface area contributed by atoms with Crippen LogP contribution in [0.15, 0.2) is 24.8 Å². The molecule has 2 aromatic heterocycles. The molecular formula is C13H11N3O4. The third-order valence-electron chi connectivity index (χ3n) is 3.41. The van der Waals surface area contributed by atoms with Crippen LogP contribution in [0.25, 0.3) is 5.52 Å². The highest BCUT2D eigenvalue weighted by molar-refractivity contribution is 6.01. The van der Waals surface area contributed by atoms with Crippen LogP contribution < -0.4 is 5.32 Å². The Bertz CT molecular complexity index is 734. The van der Waals surface area contributed by atoms with E-state index in [1.54, 1.807) is 10.6 Å². The fraction of sp³-hybridized carbons (Fsp3) is 0.231. The van der Waals surface area contributed by atoms with Gasteiger partial charge >= 0.3 is 5.97 Å². The lowest BCUT2D eigenvalue weighted by molar-refractivity contribution is -0.134. The van der Waals surface area contributed by atoms with Gasteiger partial charge in [0, 0.05) is 12.6 Å². The standard InChI is InChI=1S/C13H11N3O4/c17-11-2-1-8(12(18)15-11)7-3-9(13(19)20)10-4-14-6-16(10)5-7/h3-6,8H,1-2H2,(H,19,20)(H,15,17,18). The number of carbonyl (C=O) groups is 3. The van der Waals surface area contributed by atoms with Gasteiger partial charge < -0.3 is 9.51 Å². The van der Waals surface area contributed by atoms with Crippen molar-refractivity contribution in [2.24, 2.45) is 0 Å². The predicted molar refractivity (Wildman–Crippen MR) is 67.3 cm³/mol. The topological polar surface area (TPSA) is 101 Å². The molecule has 0 bridgehead atoms. The quantitative estimate of drug-likeness (QED) is 0.778. The monoisotopic (exact) mass is 273 g/mol. The molecule has 1 fully saturated rings. The average molecular weight is 273 g/mol. The summed E-state index contributed by atoms with van der Waals surface area (Å²) < 4.78 is 1.57. The maximum Gasteiger partial charge on any atom is 0.337 e. The molecule has 0 aromatic carbocycles. The molecule has 0 saturated carbocycles. The van der Waals surface area contributed by atoms with Gasteiger partial charge in [-0.25, -0.2) is 9.78 Å². The number of rotatable bonds is 2. The van der Waals surface area contributed by atoms with E-state index < -0.39 is 17.8 Å². The van der Waals surface area contributed by atoms with E-state index in [-0.39, 0.29) is 17.9 Å². The van der Waals surface area contributed by atoms with Crippen molar-refractivity contribution in [3.63, 3.8) is 0 Å². The average Bonchev–Trinajstić information content (AvgIpc) is 2.85. The molecule has 3 heterocycles. The molecule has 102 valence electrons. The first-order valence-corrected chi connectivity index (χ1v) is 6.09. The van der Waals surface area contributed by atoms with Crippen LogP contribution in [-0.2, 0) is 9.59 Å². The molecule has 0 spiro atoms. The number of amides is 2. The number of carbonyl (C=O) groups excluding carboxylic acids is 2. The molecule has 2 aromatic rings. The van der Waals surface area contributed by atoms with Crippen LogP contribution in [0.4, 0.5) is 0 Å². The van der Waals surface area contributed by atoms with Crippen LogP contribution in [-0.4, -0.2) is 32.3 Å². The number of aromatic carboxylic acids is 1. The van der Waals surface area contributed by atoms with Crippen molar-refractivity contribution in [2.45, 2.75) is 18.8 Å². The van der Waals surface area contributed by atoms with Crippen molar-refractivity contribution in [3.8, 4) is 0 Å². The minimum atomic E-state index is -1.08. The lowest BCUT2D eigenvalue weighted by Crippen LogP contribution is -2.39. The SMILES string of the molecule is O=C1CCC(c2cc(C(=O)O)c3cncn3c2)C(=O)N1. The first-order valence-electron chi connectivity index (χ1n) is 6.09. The minimum Gasteiger partial charge on any atom is -0.478 e. The zero-order valence-electron chi connectivity index (χ0n) is 10.4. The fourth-order valence-corrected chi connectivity index (χ4v) is 2.43. The number of nitrogens with one attached hydrogen (secondary N) is 1. The highest BCUT2D eigenvalue weighted by atomic mass is 16.4. The molecule has 1 unspecified atom stereocenters. The van der Waals surface area contributed by atoms with Crippen LogP contribution in [0.5, 0.6) is 0 Å². The van der Waals surface area contributed by atoms with Crippen LogP contribution in [0, 0.1) is 0 Å². The Morgan fingerprint density at radius 2 is 2.25 bits per heavy atom. The molecular weight excluding hydrogens is 262 g/mol. The molecule has 3 rings (SSSR count). The number of aromatic nitrogens is 2. The van der Waals surface area contributed by atoms with E-state index >= 15 is 0 Å². The van der Waals surface area contributed by atoms with Crippen LogP contribution in [0.1, 0.15) is 34.7 Å². The lowest BCUT2D eigenvalue weighted by atomic mass is 9.90. The fourth-order valence-electron chi connectivity index (χ4n) is 2.43. The van der Waals surface area contributed by atoms with Gasteiger partial charge in [-0.1, -0.05) is 0 Å². The van der Waals surface area contributed by atoms with Gasteiger partial charge in [0.1, 0.15) is 0 Å². The van der Waals surface area contributed by atoms with Gasteiger partial charge in [0.25, 0.3) is 0 Å². The first-order chi connectivity index (χ1) is 9.56. The number of imide groups is 1. The number of hydrogen-bond donors (Lipinski definition) is 2. The summed E-state index contributed by atoms with van der Waals surface area (Å²) in [5, 5.41) is 11.5. The van der Waals surface area contributed by atoms with Gasteiger partial charge in [-0.3, -0.25) is 14.9 Å². The van der Waals surface area contributed by atoms with Crippen LogP contribution >= 0.6 is 0 Å². The van der Waals surface area contributed by atoms with E-state index in [2.05, 4.69) is 10.3 Å². The molecule has 7 heteroatoms. The number of fused-ring (bicyclic) bond motifs is 1. The summed E-state index contributed by atoms with van der Waals surface area (Å²) in [6, 6.07) is 1.47. The molecule has 20 heavy (non-hydrogen) atoms. The van der Waals surface area contributed by atoms with Crippen molar-refractivity contribution < 1.29 is 19.5 Å². The smallest absolute Gasteiger partial charge is 0.337 e. The van der Waals surface area contributed by atoms with Crippen molar-refractivity contribution in [3.05, 3.63) is 35.9 Å². The van der Waals surface area contributed by atoms with Crippen molar-refractivity contribution in [2.75, 3.05) is 0 Å². The van der Waals surface area contributed by atoms with Gasteiger partial charge in [-0.05, 0) is 18.1 Å². The Labute approximate surface area is 113 Å². The van der Waals surface area contributed by atoms with Crippen molar-refractivity contribution in [1.29, 1.82) is 0 Å². The molecule has 1 aliphatic rings. The van der Waals surface area contributed by atoms with Crippen LogP contribution in [0.3, 0.4) is 0 Å². The second kappa shape index (κ2) is 4.44. The first kappa shape index (κ1) is 12.3. The molecule has 0 radical (unpaired) electrons. The van der Waals surface area contributed by atoms with Crippen molar-refractivity contribution >= 4 is 23.3 Å². The molecule has 1 saturated heterocycles. The van der Waals surface area contributed by atoms with Gasteiger partial charge in [0.15, 0.2) is 0 Å². The maximum absolute atomic E-state index is 11.9. The van der Waals surface area contributed by atoms with E-state index in [0.717, 1.165) is 0 Å². The number of piperidine rings is 1. The summed E-state index contributed by atoms with van der Waals surface area (Å²) >= 11 is 0. The number of nitrogens with zero attached hydrogens (tertiary/aromatic N) is 2. The predicted octanol–water partition coefficient (Wildman–Crippen LogP) is 0.553. The molecule has 2 N–H and O–H groups in total. The van der Waals surface area contributed by atoms with E-state index in [4.69, 9.17) is 0 Å². The van der Waals surface area contributed by atoms with Gasteiger partial charge in [-0.15, -0.1) is 0 Å². The Morgan fingerprint density at radius 1 is 1.45 bits per heavy atom. The number of imidazole rings is 1. The second-order valence-corrected chi connectivity index (χ2v) is 4.68. The zero-order valence-corrected chi connectivity index (χ0v) is 10.4. The Kier molecular flexibility index (Phi) is 2.74. The van der Waals surface area contributed by atoms with E-state index in [9.17, 15) is 19.5 Å². The molecule has 0 aliphatic carbocycles. The highest BCUT2D eigenvalue weighted by Crippen LogP contribution is 2.26. The Morgan fingerprint density at radius 3 is 2.95 bits per heavy atom. The number of carboxylic acid groups (broad SMARTS) is 1. The van der Waals surface area contributed by atoms with E-state index in [0.29, 0.717) is 17.5 Å². The Balaban J connectivity index is 2.10. The summed E-state index contributed by atoms with van der Waals surface area (Å²) in [5.74, 6) is -2.28. The number of pyridine rings is 1. The third-order valence-corrected chi connectivity index (χ3v) is 3.41. The second-order valence-electron chi connectivity index (χ2n) is 4.68. The Hall–Kier alpha value is -2.70. The highest BCUT2D eigenvalue weighted by Gasteiger charge is 2.29. The molecule has 7 nitrogen and oxygen atoms in total. The van der Waals surface area contributed by atoms with Crippen LogP contribution in [0.2, 0.25) is 0 Å². The lowest BCUT2D eigenvalue weighted by Gasteiger charge is -2.21. The third kappa shape index (κ3) is 1.93.